The van der Waals surface area contributed by atoms with Gasteiger partial charge in [0.2, 0.25) is 21.8 Å². The molecule has 0 aliphatic heterocycles. The van der Waals surface area contributed by atoms with Gasteiger partial charge in [-0.25, -0.2) is 8.42 Å². The fraction of sp³-hybridized carbons (Fsp3) is 0.440. The SMILES string of the molecule is CC(C)NC(=O)[C@H](C)N(Cc1ccc(Cl)cc1)C(=O)CN(c1ccccc1C(C)C)S(C)(=O)=O. The third-order valence-electron chi connectivity index (χ3n) is 5.37. The molecule has 186 valence electrons. The Kier molecular flexibility index (Phi) is 9.53. The van der Waals surface area contributed by atoms with E-state index >= 15 is 0 Å². The van der Waals surface area contributed by atoms with Gasteiger partial charge in [-0.15, -0.1) is 0 Å². The molecule has 0 aromatic heterocycles. The van der Waals surface area contributed by atoms with Crippen LogP contribution < -0.4 is 9.62 Å². The summed E-state index contributed by atoms with van der Waals surface area (Å²) in [4.78, 5) is 27.8. The maximum absolute atomic E-state index is 13.6. The number of carbonyl (C=O) groups excluding carboxylic acids is 2. The van der Waals surface area contributed by atoms with Crippen LogP contribution in [0.5, 0.6) is 0 Å². The van der Waals surface area contributed by atoms with Gasteiger partial charge in [0.1, 0.15) is 12.6 Å². The highest BCUT2D eigenvalue weighted by atomic mass is 35.5. The fourth-order valence-electron chi connectivity index (χ4n) is 3.57. The summed E-state index contributed by atoms with van der Waals surface area (Å²) in [5.74, 6) is -0.743. The number of hydrogen-bond donors (Lipinski definition) is 1. The maximum atomic E-state index is 13.6. The van der Waals surface area contributed by atoms with Gasteiger partial charge in [-0.2, -0.15) is 0 Å². The number of benzene rings is 2. The average Bonchev–Trinajstić information content (AvgIpc) is 2.75. The number of nitrogens with one attached hydrogen (secondary N) is 1. The van der Waals surface area contributed by atoms with E-state index in [1.165, 1.54) is 4.90 Å². The number of amides is 2. The lowest BCUT2D eigenvalue weighted by atomic mass is 10.0. The zero-order chi connectivity index (χ0) is 25.6. The summed E-state index contributed by atoms with van der Waals surface area (Å²) < 4.78 is 26.7. The average molecular weight is 508 g/mol. The van der Waals surface area contributed by atoms with Crippen molar-refractivity contribution in [3.63, 3.8) is 0 Å². The first-order chi connectivity index (χ1) is 15.8. The number of para-hydroxylation sites is 1. The lowest BCUT2D eigenvalue weighted by Crippen LogP contribution is -2.52. The number of anilines is 1. The molecule has 0 saturated carbocycles. The number of hydrogen-bond acceptors (Lipinski definition) is 4. The van der Waals surface area contributed by atoms with Crippen LogP contribution in [0.4, 0.5) is 5.69 Å². The number of rotatable bonds is 10. The van der Waals surface area contributed by atoms with Gasteiger partial charge in [0.05, 0.1) is 11.9 Å². The van der Waals surface area contributed by atoms with Gasteiger partial charge in [-0.05, 0) is 56.0 Å². The predicted molar refractivity (Wildman–Crippen MR) is 137 cm³/mol. The molecule has 2 rings (SSSR count). The molecular weight excluding hydrogens is 474 g/mol. The van der Waals surface area contributed by atoms with Crippen molar-refractivity contribution in [1.82, 2.24) is 10.2 Å². The summed E-state index contributed by atoms with van der Waals surface area (Å²) >= 11 is 5.99. The van der Waals surface area contributed by atoms with Crippen LogP contribution in [0.1, 0.15) is 51.7 Å². The summed E-state index contributed by atoms with van der Waals surface area (Å²) in [5.41, 5.74) is 2.05. The molecule has 0 radical (unpaired) electrons. The molecule has 0 saturated heterocycles. The highest BCUT2D eigenvalue weighted by Crippen LogP contribution is 2.29. The first-order valence-corrected chi connectivity index (χ1v) is 13.4. The quantitative estimate of drug-likeness (QED) is 0.523. The maximum Gasteiger partial charge on any atom is 0.244 e. The molecular formula is C25H34ClN3O4S. The lowest BCUT2D eigenvalue weighted by Gasteiger charge is -2.32. The Labute approximate surface area is 208 Å². The van der Waals surface area contributed by atoms with Crippen molar-refractivity contribution in [3.05, 3.63) is 64.7 Å². The standard InChI is InChI=1S/C25H34ClN3O4S/c1-17(2)22-9-7-8-10-23(22)29(34(6,32)33)16-24(30)28(19(5)25(31)27-18(3)4)15-20-11-13-21(26)14-12-20/h7-14,17-19H,15-16H2,1-6H3,(H,27,31)/t19-/m0/s1. The number of sulfonamides is 1. The molecule has 34 heavy (non-hydrogen) atoms. The summed E-state index contributed by atoms with van der Waals surface area (Å²) in [6.45, 7) is 8.95. The van der Waals surface area contributed by atoms with Crippen molar-refractivity contribution in [2.24, 2.45) is 0 Å². The second-order valence-electron chi connectivity index (χ2n) is 8.97. The Morgan fingerprint density at radius 1 is 0.971 bits per heavy atom. The van der Waals surface area contributed by atoms with E-state index in [4.69, 9.17) is 11.6 Å². The van der Waals surface area contributed by atoms with Crippen LogP contribution in [0.25, 0.3) is 0 Å². The van der Waals surface area contributed by atoms with E-state index < -0.39 is 28.5 Å². The van der Waals surface area contributed by atoms with Crippen molar-refractivity contribution in [1.29, 1.82) is 0 Å². The lowest BCUT2D eigenvalue weighted by molar-refractivity contribution is -0.139. The minimum absolute atomic E-state index is 0.0523. The van der Waals surface area contributed by atoms with E-state index in [0.717, 1.165) is 21.7 Å². The summed E-state index contributed by atoms with van der Waals surface area (Å²) in [7, 11) is -3.78. The smallest absolute Gasteiger partial charge is 0.244 e. The van der Waals surface area contributed by atoms with Gasteiger partial charge in [0, 0.05) is 17.6 Å². The molecule has 2 amide bonds. The van der Waals surface area contributed by atoms with Gasteiger partial charge in [0.25, 0.3) is 0 Å². The first-order valence-electron chi connectivity index (χ1n) is 11.2. The van der Waals surface area contributed by atoms with Gasteiger partial charge in [-0.1, -0.05) is 55.8 Å². The van der Waals surface area contributed by atoms with Crippen LogP contribution in [0.2, 0.25) is 5.02 Å². The highest BCUT2D eigenvalue weighted by Gasteiger charge is 2.31. The molecule has 2 aromatic rings. The van der Waals surface area contributed by atoms with Crippen LogP contribution in [0.15, 0.2) is 48.5 Å². The zero-order valence-corrected chi connectivity index (χ0v) is 22.2. The molecule has 1 atom stereocenters. The van der Waals surface area contributed by atoms with E-state index in [1.807, 2.05) is 39.8 Å². The van der Waals surface area contributed by atoms with Crippen molar-refractivity contribution >= 4 is 39.1 Å². The van der Waals surface area contributed by atoms with Crippen LogP contribution in [0, 0.1) is 0 Å². The van der Waals surface area contributed by atoms with Crippen molar-refractivity contribution in [2.45, 2.75) is 59.2 Å². The molecule has 0 spiro atoms. The van der Waals surface area contributed by atoms with Gasteiger partial charge in [0.15, 0.2) is 0 Å². The fourth-order valence-corrected chi connectivity index (χ4v) is 4.57. The molecule has 0 heterocycles. The molecule has 0 aliphatic carbocycles. The van der Waals surface area contributed by atoms with Gasteiger partial charge >= 0.3 is 0 Å². The zero-order valence-electron chi connectivity index (χ0n) is 20.6. The second-order valence-corrected chi connectivity index (χ2v) is 11.3. The van der Waals surface area contributed by atoms with E-state index in [-0.39, 0.29) is 24.4 Å². The van der Waals surface area contributed by atoms with E-state index in [0.29, 0.717) is 10.7 Å². The third kappa shape index (κ3) is 7.46. The van der Waals surface area contributed by atoms with E-state index in [9.17, 15) is 18.0 Å². The Hall–Kier alpha value is -2.58. The predicted octanol–water partition coefficient (Wildman–Crippen LogP) is 4.17. The minimum atomic E-state index is -3.78. The number of halogens is 1. The second kappa shape index (κ2) is 11.7. The Bertz CT molecular complexity index is 1100. The van der Waals surface area contributed by atoms with Crippen LogP contribution >= 0.6 is 11.6 Å². The van der Waals surface area contributed by atoms with Crippen LogP contribution in [-0.2, 0) is 26.2 Å². The first kappa shape index (κ1) is 27.7. The van der Waals surface area contributed by atoms with Crippen LogP contribution in [-0.4, -0.2) is 50.0 Å². The summed E-state index contributed by atoms with van der Waals surface area (Å²) in [5, 5.41) is 3.38. The van der Waals surface area contributed by atoms with Crippen molar-refractivity contribution < 1.29 is 18.0 Å². The normalized spacial score (nSPS) is 12.5. The third-order valence-corrected chi connectivity index (χ3v) is 6.75. The minimum Gasteiger partial charge on any atom is -0.352 e. The Morgan fingerprint density at radius 2 is 1.56 bits per heavy atom. The van der Waals surface area contributed by atoms with E-state index in [1.54, 1.807) is 43.3 Å². The molecule has 0 aliphatic rings. The molecule has 0 fully saturated rings. The molecule has 0 unspecified atom stereocenters. The van der Waals surface area contributed by atoms with Crippen molar-refractivity contribution in [3.8, 4) is 0 Å². The highest BCUT2D eigenvalue weighted by molar-refractivity contribution is 7.92. The Morgan fingerprint density at radius 3 is 2.09 bits per heavy atom. The molecule has 7 nitrogen and oxygen atoms in total. The van der Waals surface area contributed by atoms with E-state index in [2.05, 4.69) is 5.32 Å². The molecule has 0 bridgehead atoms. The molecule has 2 aromatic carbocycles. The van der Waals surface area contributed by atoms with Crippen LogP contribution in [0.3, 0.4) is 0 Å². The van der Waals surface area contributed by atoms with Gasteiger partial charge < -0.3 is 10.2 Å². The topological polar surface area (TPSA) is 86.8 Å². The summed E-state index contributed by atoms with van der Waals surface area (Å²) in [6.07, 6.45) is 1.08. The number of carbonyl (C=O) groups is 2. The van der Waals surface area contributed by atoms with Gasteiger partial charge in [-0.3, -0.25) is 13.9 Å². The largest absolute Gasteiger partial charge is 0.352 e. The number of nitrogens with zero attached hydrogens (tertiary/aromatic N) is 2. The molecule has 1 N–H and O–H groups in total. The monoisotopic (exact) mass is 507 g/mol. The van der Waals surface area contributed by atoms with Crippen molar-refractivity contribution in [2.75, 3.05) is 17.1 Å². The molecule has 9 heteroatoms. The Balaban J connectivity index is 2.45. The summed E-state index contributed by atoms with van der Waals surface area (Å²) in [6, 6.07) is 13.2.